The van der Waals surface area contributed by atoms with E-state index in [4.69, 9.17) is 0 Å². The van der Waals surface area contributed by atoms with Crippen molar-refractivity contribution in [1.29, 1.82) is 0 Å². The van der Waals surface area contributed by atoms with E-state index in [1.165, 1.54) is 11.5 Å². The SMILES string of the molecule is [CH3][Sn][C]1=CC2CS3=C4C5=C(C3)C(C)=C(C)C3SS6=C(C(=C1S6)C42)C53. The fourth-order valence-electron chi connectivity index (χ4n) is 5.82. The molecule has 3 aliphatic carbocycles. The van der Waals surface area contributed by atoms with Gasteiger partial charge in [-0.25, -0.2) is 0 Å². The van der Waals surface area contributed by atoms with E-state index in [1.807, 2.05) is 34.9 Å². The molecule has 4 aliphatic heterocycles. The van der Waals surface area contributed by atoms with Crippen molar-refractivity contribution >= 4 is 71.5 Å². The first kappa shape index (κ1) is 14.9. The van der Waals surface area contributed by atoms with Gasteiger partial charge in [0.1, 0.15) is 0 Å². The Kier molecular flexibility index (Phi) is 2.89. The Bertz CT molecular complexity index is 987. The van der Waals surface area contributed by atoms with Crippen LogP contribution in [0, 0.1) is 17.8 Å². The van der Waals surface area contributed by atoms with Crippen LogP contribution in [-0.4, -0.2) is 47.6 Å². The fourth-order valence-corrected chi connectivity index (χ4v) is 21.5. The third-order valence-corrected chi connectivity index (χ3v) is 19.8. The predicted molar refractivity (Wildman–Crippen MR) is 116 cm³/mol. The van der Waals surface area contributed by atoms with Crippen molar-refractivity contribution in [1.82, 2.24) is 0 Å². The third kappa shape index (κ3) is 1.45. The van der Waals surface area contributed by atoms with E-state index in [0.29, 0.717) is 19.0 Å². The molecule has 0 aromatic rings. The Balaban J connectivity index is 1.59. The summed E-state index contributed by atoms with van der Waals surface area (Å²) in [6.45, 7) is 4.89. The Hall–Kier alpha value is 0.899. The van der Waals surface area contributed by atoms with Gasteiger partial charge in [-0.2, -0.15) is 0 Å². The average Bonchev–Trinajstić information content (AvgIpc) is 3.29. The molecular weight excluding hydrogens is 475 g/mol. The molecule has 0 bridgehead atoms. The molecule has 7 rings (SSSR count). The van der Waals surface area contributed by atoms with Crippen molar-refractivity contribution in [2.45, 2.75) is 24.0 Å². The molecule has 0 nitrogen and oxygen atoms in total. The molecule has 0 aromatic heterocycles. The molecule has 0 N–H and O–H groups in total. The molecule has 1 saturated carbocycles. The van der Waals surface area contributed by atoms with Gasteiger partial charge in [0.2, 0.25) is 0 Å². The van der Waals surface area contributed by atoms with Crippen molar-refractivity contribution in [2.24, 2.45) is 17.8 Å². The topological polar surface area (TPSA) is 0 Å². The molecule has 1 fully saturated rings. The molecule has 0 spiro atoms. The van der Waals surface area contributed by atoms with Crippen molar-refractivity contribution in [3.63, 3.8) is 0 Å². The molecule has 5 heteroatoms. The standard InChI is InChI=1S/C18H15S4.CH3.Sn/c1-7-8(2)16-15-13-10(7)6-21-5-9-3-4-11-14(12(9)17(13)21)18(15)22(19-11)20-16;;/h3,9,12,15-16H,5-6H2,1-2H3;1H3;. The summed E-state index contributed by atoms with van der Waals surface area (Å²) in [4.78, 5) is 8.26. The summed E-state index contributed by atoms with van der Waals surface area (Å²) in [6.07, 6.45) is 2.78. The van der Waals surface area contributed by atoms with Gasteiger partial charge in [-0.05, 0) is 0 Å². The van der Waals surface area contributed by atoms with Gasteiger partial charge in [-0.1, -0.05) is 0 Å². The van der Waals surface area contributed by atoms with E-state index >= 15 is 0 Å². The van der Waals surface area contributed by atoms with Crippen LogP contribution in [0.15, 0.2) is 42.4 Å². The van der Waals surface area contributed by atoms with Crippen molar-refractivity contribution in [2.75, 3.05) is 11.5 Å². The van der Waals surface area contributed by atoms with Gasteiger partial charge in [-0.15, -0.1) is 0 Å². The maximum absolute atomic E-state index is 2.78. The number of hydrogen-bond acceptors (Lipinski definition) is 2. The van der Waals surface area contributed by atoms with Gasteiger partial charge in [0.25, 0.3) is 0 Å². The summed E-state index contributed by atoms with van der Waals surface area (Å²) in [7, 11) is 5.63. The molecule has 0 saturated heterocycles. The van der Waals surface area contributed by atoms with Gasteiger partial charge >= 0.3 is 167 Å². The van der Waals surface area contributed by atoms with Gasteiger partial charge in [0.05, 0.1) is 0 Å². The second-order valence-electron chi connectivity index (χ2n) is 7.76. The van der Waals surface area contributed by atoms with E-state index in [2.05, 4.69) is 46.5 Å². The minimum atomic E-state index is -0.340. The van der Waals surface area contributed by atoms with Crippen molar-refractivity contribution < 1.29 is 0 Å². The fraction of sp³-hybridized carbons (Fsp3) is 0.474. The van der Waals surface area contributed by atoms with Crippen LogP contribution in [0.2, 0.25) is 4.94 Å². The quantitative estimate of drug-likeness (QED) is 0.287. The van der Waals surface area contributed by atoms with Crippen molar-refractivity contribution in [3.8, 4) is 0 Å². The van der Waals surface area contributed by atoms with Crippen LogP contribution in [0.1, 0.15) is 13.8 Å². The van der Waals surface area contributed by atoms with Gasteiger partial charge in [0, 0.05) is 0 Å². The molecule has 0 aromatic carbocycles. The zero-order valence-electron chi connectivity index (χ0n) is 13.9. The van der Waals surface area contributed by atoms with Crippen LogP contribution in [0.25, 0.3) is 0 Å². The molecular formula is C19H18S4Sn. The summed E-state index contributed by atoms with van der Waals surface area (Å²) in [5.41, 5.74) is 9.02. The Morgan fingerprint density at radius 3 is 2.88 bits per heavy atom. The zero-order valence-corrected chi connectivity index (χ0v) is 20.1. The predicted octanol–water partition coefficient (Wildman–Crippen LogP) is 5.00. The molecule has 4 heterocycles. The van der Waals surface area contributed by atoms with E-state index < -0.39 is 0 Å². The second kappa shape index (κ2) is 4.65. The normalized spacial score (nSPS) is 46.0. The first-order valence-electron chi connectivity index (χ1n) is 8.75. The van der Waals surface area contributed by atoms with E-state index in [0.717, 1.165) is 23.0 Å². The summed E-state index contributed by atoms with van der Waals surface area (Å²) in [5, 5.41) is 0.774. The number of hydrogen-bond donors (Lipinski definition) is 0. The van der Waals surface area contributed by atoms with Gasteiger partial charge < -0.3 is 0 Å². The molecule has 0 amide bonds. The third-order valence-electron chi connectivity index (χ3n) is 6.94. The molecule has 6 unspecified atom stereocenters. The van der Waals surface area contributed by atoms with E-state index in [1.54, 1.807) is 11.1 Å². The summed E-state index contributed by atoms with van der Waals surface area (Å²) >= 11 is -0.340. The number of rotatable bonds is 1. The molecule has 7 aliphatic rings. The molecule has 24 heavy (non-hydrogen) atoms. The van der Waals surface area contributed by atoms with Crippen molar-refractivity contribution in [3.05, 3.63) is 42.4 Å². The Morgan fingerprint density at radius 1 is 1.17 bits per heavy atom. The van der Waals surface area contributed by atoms with Crippen LogP contribution < -0.4 is 0 Å². The molecule has 6 atom stereocenters. The van der Waals surface area contributed by atoms with Gasteiger partial charge in [-0.3, -0.25) is 0 Å². The van der Waals surface area contributed by atoms with Gasteiger partial charge in [0.15, 0.2) is 0 Å². The van der Waals surface area contributed by atoms with E-state index in [9.17, 15) is 0 Å². The summed E-state index contributed by atoms with van der Waals surface area (Å²) in [5.74, 6) is 5.38. The molecule has 2 radical (unpaired) electrons. The average molecular weight is 493 g/mol. The Morgan fingerprint density at radius 2 is 2.04 bits per heavy atom. The first-order valence-corrected chi connectivity index (χ1v) is 18.6. The minimum absolute atomic E-state index is 0.340. The monoisotopic (exact) mass is 494 g/mol. The van der Waals surface area contributed by atoms with Crippen LogP contribution >= 0.6 is 40.6 Å². The maximum atomic E-state index is 2.78. The van der Waals surface area contributed by atoms with Crippen LogP contribution in [0.4, 0.5) is 0 Å². The second-order valence-corrected chi connectivity index (χ2v) is 18.7. The van der Waals surface area contributed by atoms with Crippen LogP contribution in [-0.2, 0) is 0 Å². The number of allylic oxidation sites excluding steroid dienone is 5. The van der Waals surface area contributed by atoms with Crippen LogP contribution in [0.5, 0.6) is 0 Å². The first-order chi connectivity index (χ1) is 11.7. The van der Waals surface area contributed by atoms with Crippen LogP contribution in [0.3, 0.4) is 0 Å². The zero-order chi connectivity index (χ0) is 15.9. The summed E-state index contributed by atoms with van der Waals surface area (Å²) in [6, 6.07) is 0. The molecule has 122 valence electrons. The van der Waals surface area contributed by atoms with E-state index in [-0.39, 0.29) is 21.1 Å². The Labute approximate surface area is 165 Å². The summed E-state index contributed by atoms with van der Waals surface area (Å²) < 4.78 is 1.86.